The van der Waals surface area contributed by atoms with Crippen LogP contribution in [0.1, 0.15) is 51.4 Å². The van der Waals surface area contributed by atoms with Crippen LogP contribution in [0.15, 0.2) is 72.0 Å². The first-order chi connectivity index (χ1) is 16.3. The second-order valence-electron chi connectivity index (χ2n) is 8.59. The van der Waals surface area contributed by atoms with Crippen LogP contribution in [0.25, 0.3) is 5.65 Å². The van der Waals surface area contributed by atoms with Gasteiger partial charge in [0.15, 0.2) is 0 Å². The predicted molar refractivity (Wildman–Crippen MR) is 130 cm³/mol. The van der Waals surface area contributed by atoms with Crippen LogP contribution < -0.4 is 16.1 Å². The van der Waals surface area contributed by atoms with Crippen molar-refractivity contribution in [1.82, 2.24) is 24.6 Å². The molecule has 0 saturated heterocycles. The third-order valence-electron chi connectivity index (χ3n) is 5.27. The van der Waals surface area contributed by atoms with E-state index in [4.69, 9.17) is 0 Å². The van der Waals surface area contributed by atoms with Crippen molar-refractivity contribution in [2.45, 2.75) is 39.9 Å². The Hall–Kier alpha value is -4.20. The maximum atomic E-state index is 13.1. The summed E-state index contributed by atoms with van der Waals surface area (Å²) in [5.41, 5.74) is 2.74. The summed E-state index contributed by atoms with van der Waals surface area (Å²) in [4.78, 5) is 43.3. The van der Waals surface area contributed by atoms with E-state index in [1.807, 2.05) is 80.0 Å². The molecule has 4 aromatic rings. The summed E-state index contributed by atoms with van der Waals surface area (Å²) < 4.78 is 3.58. The molecule has 0 spiro atoms. The van der Waals surface area contributed by atoms with Crippen LogP contribution in [0.3, 0.4) is 0 Å². The highest BCUT2D eigenvalue weighted by Crippen LogP contribution is 2.09. The molecule has 34 heavy (non-hydrogen) atoms. The van der Waals surface area contributed by atoms with Crippen LogP contribution in [0, 0.1) is 6.92 Å². The quantitative estimate of drug-likeness (QED) is 0.446. The fraction of sp³-hybridized carbons (Fsp3) is 0.231. The molecule has 4 rings (SSSR count). The van der Waals surface area contributed by atoms with Gasteiger partial charge in [0.2, 0.25) is 5.43 Å². The largest absolute Gasteiger partial charge is 0.350 e. The molecular weight excluding hydrogens is 430 g/mol. The van der Waals surface area contributed by atoms with Gasteiger partial charge in [0.25, 0.3) is 11.8 Å². The van der Waals surface area contributed by atoms with E-state index in [9.17, 15) is 14.4 Å². The van der Waals surface area contributed by atoms with Crippen LogP contribution in [0.5, 0.6) is 0 Å². The number of carbonyl (C=O) groups is 2. The van der Waals surface area contributed by atoms with Crippen molar-refractivity contribution in [3.63, 3.8) is 0 Å². The van der Waals surface area contributed by atoms with Crippen molar-refractivity contribution in [3.8, 4) is 0 Å². The van der Waals surface area contributed by atoms with Crippen molar-refractivity contribution in [2.75, 3.05) is 0 Å². The van der Waals surface area contributed by atoms with Gasteiger partial charge in [-0.2, -0.15) is 0 Å². The smallest absolute Gasteiger partial charge is 0.257 e. The summed E-state index contributed by atoms with van der Waals surface area (Å²) in [5, 5.41) is 5.51. The van der Waals surface area contributed by atoms with Gasteiger partial charge in [-0.1, -0.05) is 36.4 Å². The van der Waals surface area contributed by atoms with Gasteiger partial charge in [-0.15, -0.1) is 0 Å². The number of benzene rings is 1. The van der Waals surface area contributed by atoms with E-state index < -0.39 is 17.2 Å². The molecule has 2 N–H and O–H groups in total. The molecule has 174 valence electrons. The standard InChI is InChI=1S/C26H27N5O3/c1-17(2)28-26(34)22-16-30(13-19-7-5-4-6-8-19)15-21(24(22)32)25(33)27-11-20-14-31-12-18(3)9-10-23(31)29-20/h4-10,12,14-17H,11,13H2,1-3H3,(H,27,33)(H,28,34). The van der Waals surface area contributed by atoms with Gasteiger partial charge in [0, 0.05) is 37.4 Å². The minimum Gasteiger partial charge on any atom is -0.350 e. The Kier molecular flexibility index (Phi) is 6.58. The summed E-state index contributed by atoms with van der Waals surface area (Å²) in [6.07, 6.45) is 6.77. The van der Waals surface area contributed by atoms with Gasteiger partial charge in [-0.3, -0.25) is 14.4 Å². The third kappa shape index (κ3) is 5.23. The SMILES string of the molecule is Cc1ccc2nc(CNC(=O)c3cn(Cc4ccccc4)cc(C(=O)NC(C)C)c3=O)cn2c1. The van der Waals surface area contributed by atoms with Crippen LogP contribution in [0.4, 0.5) is 0 Å². The molecule has 0 fully saturated rings. The van der Waals surface area contributed by atoms with Crippen molar-refractivity contribution < 1.29 is 9.59 Å². The first kappa shape index (κ1) is 23.0. The minimum absolute atomic E-state index is 0.0690. The zero-order valence-corrected chi connectivity index (χ0v) is 19.4. The molecule has 2 amide bonds. The molecule has 3 heterocycles. The number of hydrogen-bond acceptors (Lipinski definition) is 4. The van der Waals surface area contributed by atoms with Gasteiger partial charge in [0.05, 0.1) is 12.2 Å². The molecule has 0 unspecified atom stereocenters. The van der Waals surface area contributed by atoms with Crippen LogP contribution >= 0.6 is 0 Å². The number of rotatable bonds is 7. The number of nitrogens with one attached hydrogen (secondary N) is 2. The summed E-state index contributed by atoms with van der Waals surface area (Å²) in [6, 6.07) is 13.3. The molecule has 0 atom stereocenters. The lowest BCUT2D eigenvalue weighted by Crippen LogP contribution is -2.37. The van der Waals surface area contributed by atoms with Crippen molar-refractivity contribution in [1.29, 1.82) is 0 Å². The number of fused-ring (bicyclic) bond motifs is 1. The van der Waals surface area contributed by atoms with E-state index in [1.54, 1.807) is 4.57 Å². The van der Waals surface area contributed by atoms with E-state index in [2.05, 4.69) is 15.6 Å². The van der Waals surface area contributed by atoms with Gasteiger partial charge in [-0.25, -0.2) is 4.98 Å². The normalized spacial score (nSPS) is 11.1. The van der Waals surface area contributed by atoms with Crippen LogP contribution in [0.2, 0.25) is 0 Å². The molecular formula is C26H27N5O3. The summed E-state index contributed by atoms with van der Waals surface area (Å²) in [6.45, 7) is 6.18. The second-order valence-corrected chi connectivity index (χ2v) is 8.59. The monoisotopic (exact) mass is 457 g/mol. The van der Waals surface area contributed by atoms with E-state index in [-0.39, 0.29) is 23.7 Å². The van der Waals surface area contributed by atoms with Crippen LogP contribution in [-0.4, -0.2) is 31.8 Å². The lowest BCUT2D eigenvalue weighted by atomic mass is 10.1. The zero-order valence-electron chi connectivity index (χ0n) is 19.4. The average Bonchev–Trinajstić information content (AvgIpc) is 3.20. The molecule has 8 heteroatoms. The predicted octanol–water partition coefficient (Wildman–Crippen LogP) is 2.92. The number of pyridine rings is 2. The van der Waals surface area contributed by atoms with E-state index in [0.29, 0.717) is 12.2 Å². The Balaban J connectivity index is 1.62. The van der Waals surface area contributed by atoms with Crippen molar-refractivity contribution >= 4 is 17.5 Å². The van der Waals surface area contributed by atoms with E-state index in [0.717, 1.165) is 16.8 Å². The summed E-state index contributed by atoms with van der Waals surface area (Å²) in [5.74, 6) is -1.06. The number of amides is 2. The zero-order chi connectivity index (χ0) is 24.2. The Morgan fingerprint density at radius 3 is 2.35 bits per heavy atom. The minimum atomic E-state index is -0.606. The van der Waals surface area contributed by atoms with Crippen molar-refractivity contribution in [2.24, 2.45) is 0 Å². The lowest BCUT2D eigenvalue weighted by molar-refractivity contribution is 0.0941. The molecule has 0 aliphatic carbocycles. The lowest BCUT2D eigenvalue weighted by Gasteiger charge is -2.14. The molecule has 0 aliphatic heterocycles. The average molecular weight is 458 g/mol. The third-order valence-corrected chi connectivity index (χ3v) is 5.27. The number of aromatic nitrogens is 3. The van der Waals surface area contributed by atoms with Gasteiger partial charge < -0.3 is 19.6 Å². The molecule has 3 aromatic heterocycles. The molecule has 0 radical (unpaired) electrons. The molecule has 0 aliphatic rings. The fourth-order valence-corrected chi connectivity index (χ4v) is 3.69. The fourth-order valence-electron chi connectivity index (χ4n) is 3.69. The van der Waals surface area contributed by atoms with E-state index in [1.165, 1.54) is 12.4 Å². The topological polar surface area (TPSA) is 97.5 Å². The molecule has 8 nitrogen and oxygen atoms in total. The number of imidazole rings is 1. The number of nitrogens with zero attached hydrogens (tertiary/aromatic N) is 3. The van der Waals surface area contributed by atoms with Crippen LogP contribution in [-0.2, 0) is 13.1 Å². The number of aryl methyl sites for hydroxylation is 1. The first-order valence-corrected chi connectivity index (χ1v) is 11.1. The second kappa shape index (κ2) is 9.74. The molecule has 1 aromatic carbocycles. The maximum Gasteiger partial charge on any atom is 0.257 e. The van der Waals surface area contributed by atoms with Gasteiger partial charge >= 0.3 is 0 Å². The van der Waals surface area contributed by atoms with E-state index >= 15 is 0 Å². The Bertz CT molecular complexity index is 1400. The number of hydrogen-bond donors (Lipinski definition) is 2. The molecule has 0 saturated carbocycles. The number of carbonyl (C=O) groups excluding carboxylic acids is 2. The highest BCUT2D eigenvalue weighted by atomic mass is 16.2. The molecule has 0 bridgehead atoms. The highest BCUT2D eigenvalue weighted by Gasteiger charge is 2.20. The Morgan fingerprint density at radius 2 is 1.65 bits per heavy atom. The summed E-state index contributed by atoms with van der Waals surface area (Å²) in [7, 11) is 0. The summed E-state index contributed by atoms with van der Waals surface area (Å²) >= 11 is 0. The van der Waals surface area contributed by atoms with Gasteiger partial charge in [-0.05, 0) is 38.0 Å². The first-order valence-electron chi connectivity index (χ1n) is 11.1. The Labute approximate surface area is 197 Å². The Morgan fingerprint density at radius 1 is 0.941 bits per heavy atom. The maximum absolute atomic E-state index is 13.1. The van der Waals surface area contributed by atoms with Gasteiger partial charge in [0.1, 0.15) is 16.8 Å². The van der Waals surface area contributed by atoms with Crippen molar-refractivity contribution in [3.05, 3.63) is 105 Å². The highest BCUT2D eigenvalue weighted by molar-refractivity contribution is 5.99.